The van der Waals surface area contributed by atoms with Gasteiger partial charge in [0.1, 0.15) is 4.90 Å². The van der Waals surface area contributed by atoms with Crippen molar-refractivity contribution in [1.82, 2.24) is 0 Å². The highest BCUT2D eigenvalue weighted by atomic mass is 35.5. The minimum atomic E-state index is -4.68. The third kappa shape index (κ3) is 7.23. The predicted molar refractivity (Wildman–Crippen MR) is 139 cm³/mol. The number of rotatable bonds is 7. The second kappa shape index (κ2) is 11.6. The van der Waals surface area contributed by atoms with Gasteiger partial charge in [-0.2, -0.15) is 13.2 Å². The van der Waals surface area contributed by atoms with E-state index in [0.29, 0.717) is 6.07 Å². The number of hydrogen-bond donors (Lipinski definition) is 2. The van der Waals surface area contributed by atoms with Crippen LogP contribution in [0.1, 0.15) is 22.8 Å². The molecule has 0 bridgehead atoms. The smallest absolute Gasteiger partial charge is 0.416 e. The molecular weight excluding hydrogens is 615 g/mol. The van der Waals surface area contributed by atoms with Crippen LogP contribution < -0.4 is 10.0 Å². The number of ether oxygens (including phenoxy) is 1. The molecule has 2 N–H and O–H groups in total. The molecule has 0 saturated heterocycles. The summed E-state index contributed by atoms with van der Waals surface area (Å²) in [5, 5.41) is 2.00. The van der Waals surface area contributed by atoms with Gasteiger partial charge in [-0.1, -0.05) is 46.4 Å². The number of carbonyl (C=O) groups excluding carboxylic acids is 2. The summed E-state index contributed by atoms with van der Waals surface area (Å²) in [5.41, 5.74) is -1.73. The molecule has 0 aliphatic carbocycles. The van der Waals surface area contributed by atoms with Gasteiger partial charge in [0, 0.05) is 5.02 Å². The van der Waals surface area contributed by atoms with Crippen LogP contribution in [0.3, 0.4) is 0 Å². The van der Waals surface area contributed by atoms with Crippen LogP contribution in [0.25, 0.3) is 0 Å². The average molecular weight is 630 g/mol. The number of amides is 1. The molecular formula is C23H15Cl4F3N2O5S. The molecule has 38 heavy (non-hydrogen) atoms. The van der Waals surface area contributed by atoms with E-state index in [-0.39, 0.29) is 37.0 Å². The highest BCUT2D eigenvalue weighted by Gasteiger charge is 2.31. The number of benzene rings is 3. The molecule has 0 aliphatic rings. The number of esters is 1. The molecule has 3 aromatic rings. The maximum Gasteiger partial charge on any atom is 0.416 e. The Labute approximate surface area is 234 Å². The molecule has 1 atom stereocenters. The summed E-state index contributed by atoms with van der Waals surface area (Å²) in [5.74, 6) is -2.10. The van der Waals surface area contributed by atoms with Gasteiger partial charge in [-0.3, -0.25) is 9.52 Å². The lowest BCUT2D eigenvalue weighted by molar-refractivity contribution is -0.137. The first-order valence-corrected chi connectivity index (χ1v) is 13.2. The monoisotopic (exact) mass is 628 g/mol. The van der Waals surface area contributed by atoms with Crippen LogP contribution in [0.2, 0.25) is 20.1 Å². The van der Waals surface area contributed by atoms with Gasteiger partial charge in [0.2, 0.25) is 0 Å². The van der Waals surface area contributed by atoms with Crippen molar-refractivity contribution in [2.24, 2.45) is 0 Å². The Morgan fingerprint density at radius 1 is 0.868 bits per heavy atom. The summed E-state index contributed by atoms with van der Waals surface area (Å²) in [6, 6.07) is 9.61. The van der Waals surface area contributed by atoms with E-state index in [1.807, 2.05) is 0 Å². The zero-order valence-corrected chi connectivity index (χ0v) is 22.7. The minimum Gasteiger partial charge on any atom is -0.449 e. The molecule has 0 aromatic heterocycles. The molecule has 3 aromatic carbocycles. The van der Waals surface area contributed by atoms with E-state index in [4.69, 9.17) is 51.1 Å². The summed E-state index contributed by atoms with van der Waals surface area (Å²) in [6.07, 6.45) is -6.19. The Hall–Kier alpha value is -2.70. The Balaban J connectivity index is 1.77. The second-order valence-corrected chi connectivity index (χ2v) is 10.9. The van der Waals surface area contributed by atoms with E-state index in [9.17, 15) is 31.2 Å². The first-order chi connectivity index (χ1) is 17.6. The maximum atomic E-state index is 13.0. The van der Waals surface area contributed by atoms with Gasteiger partial charge in [-0.15, -0.1) is 0 Å². The van der Waals surface area contributed by atoms with Gasteiger partial charge >= 0.3 is 12.1 Å². The SMILES string of the molecule is CC(OC(=O)c1ccc(Cl)c(S(=O)(=O)Nc2cc(Cl)ccc2Cl)c1)C(=O)Nc1cc(C(F)(F)F)ccc1Cl. The fourth-order valence-corrected chi connectivity index (χ4v) is 5.08. The lowest BCUT2D eigenvalue weighted by atomic mass is 10.2. The topological polar surface area (TPSA) is 102 Å². The molecule has 7 nitrogen and oxygen atoms in total. The summed E-state index contributed by atoms with van der Waals surface area (Å²) in [7, 11) is -4.36. The number of alkyl halides is 3. The van der Waals surface area contributed by atoms with Gasteiger partial charge in [-0.25, -0.2) is 13.2 Å². The van der Waals surface area contributed by atoms with Crippen molar-refractivity contribution in [2.45, 2.75) is 24.1 Å². The second-order valence-electron chi connectivity index (χ2n) is 7.60. The fourth-order valence-electron chi connectivity index (χ4n) is 2.93. The molecule has 0 aliphatic heterocycles. The Bertz CT molecular complexity index is 1520. The van der Waals surface area contributed by atoms with Crippen molar-refractivity contribution in [3.05, 3.63) is 85.8 Å². The van der Waals surface area contributed by atoms with Crippen LogP contribution in [0.15, 0.2) is 59.5 Å². The van der Waals surface area contributed by atoms with E-state index in [2.05, 4.69) is 10.0 Å². The van der Waals surface area contributed by atoms with Gasteiger partial charge in [0.05, 0.1) is 37.6 Å². The van der Waals surface area contributed by atoms with Crippen molar-refractivity contribution in [3.8, 4) is 0 Å². The van der Waals surface area contributed by atoms with E-state index < -0.39 is 44.6 Å². The number of halogens is 7. The van der Waals surface area contributed by atoms with Crippen LogP contribution in [0.4, 0.5) is 24.5 Å². The molecule has 0 radical (unpaired) electrons. The molecule has 0 saturated carbocycles. The van der Waals surface area contributed by atoms with Gasteiger partial charge < -0.3 is 10.1 Å². The molecule has 1 amide bonds. The fraction of sp³-hybridized carbons (Fsp3) is 0.130. The van der Waals surface area contributed by atoms with E-state index in [1.165, 1.54) is 18.2 Å². The standard InChI is InChI=1S/C23H15Cl4F3N2O5S/c1-11(21(33)31-18-9-13(23(28,29)30)3-6-15(18)25)37-22(34)12-2-5-17(27)20(8-12)38(35,36)32-19-10-14(24)4-7-16(19)26/h2-11,32H,1H3,(H,31,33). The Kier molecular flexibility index (Phi) is 9.10. The number of carbonyl (C=O) groups is 2. The Morgan fingerprint density at radius 3 is 2.13 bits per heavy atom. The van der Waals surface area contributed by atoms with Crippen LogP contribution in [-0.4, -0.2) is 26.4 Å². The quantitative estimate of drug-likeness (QED) is 0.267. The maximum absolute atomic E-state index is 13.0. The highest BCUT2D eigenvalue weighted by Crippen LogP contribution is 2.34. The zero-order chi connectivity index (χ0) is 28.4. The number of hydrogen-bond acceptors (Lipinski definition) is 5. The summed E-state index contributed by atoms with van der Waals surface area (Å²) in [6.45, 7) is 1.16. The first kappa shape index (κ1) is 29.9. The molecule has 15 heteroatoms. The predicted octanol–water partition coefficient (Wildman–Crippen LogP) is 7.30. The largest absolute Gasteiger partial charge is 0.449 e. The number of anilines is 2. The van der Waals surface area contributed by atoms with Gasteiger partial charge in [-0.05, 0) is 61.5 Å². The van der Waals surface area contributed by atoms with Gasteiger partial charge in [0.25, 0.3) is 15.9 Å². The third-order valence-corrected chi connectivity index (χ3v) is 7.58. The number of nitrogens with one attached hydrogen (secondary N) is 2. The zero-order valence-electron chi connectivity index (χ0n) is 18.9. The first-order valence-electron chi connectivity index (χ1n) is 10.2. The van der Waals surface area contributed by atoms with Crippen LogP contribution in [0.5, 0.6) is 0 Å². The van der Waals surface area contributed by atoms with Crippen molar-refractivity contribution in [2.75, 3.05) is 10.0 Å². The average Bonchev–Trinajstić information content (AvgIpc) is 2.81. The summed E-state index contributed by atoms with van der Waals surface area (Å²) < 4.78 is 72.0. The lowest BCUT2D eigenvalue weighted by Gasteiger charge is -2.16. The van der Waals surface area contributed by atoms with E-state index in [1.54, 1.807) is 0 Å². The van der Waals surface area contributed by atoms with Crippen molar-refractivity contribution >= 4 is 79.7 Å². The highest BCUT2D eigenvalue weighted by molar-refractivity contribution is 7.92. The molecule has 0 spiro atoms. The van der Waals surface area contributed by atoms with Crippen molar-refractivity contribution in [1.29, 1.82) is 0 Å². The molecule has 0 fully saturated rings. The van der Waals surface area contributed by atoms with E-state index in [0.717, 1.165) is 37.3 Å². The number of sulfonamides is 1. The van der Waals surface area contributed by atoms with E-state index >= 15 is 0 Å². The minimum absolute atomic E-state index is 0.0400. The van der Waals surface area contributed by atoms with Crippen molar-refractivity contribution < 1.29 is 35.9 Å². The third-order valence-electron chi connectivity index (χ3n) is 4.83. The summed E-state index contributed by atoms with van der Waals surface area (Å²) >= 11 is 23.8. The van der Waals surface area contributed by atoms with Crippen LogP contribution >= 0.6 is 46.4 Å². The lowest BCUT2D eigenvalue weighted by Crippen LogP contribution is -2.30. The molecule has 0 heterocycles. The molecule has 202 valence electrons. The van der Waals surface area contributed by atoms with Crippen LogP contribution in [0, 0.1) is 0 Å². The normalized spacial score (nSPS) is 12.5. The molecule has 1 unspecified atom stereocenters. The van der Waals surface area contributed by atoms with Crippen molar-refractivity contribution in [3.63, 3.8) is 0 Å². The van der Waals surface area contributed by atoms with Gasteiger partial charge in [0.15, 0.2) is 6.10 Å². The Morgan fingerprint density at radius 2 is 1.47 bits per heavy atom. The summed E-state index contributed by atoms with van der Waals surface area (Å²) in [4.78, 5) is 24.6. The van der Waals surface area contributed by atoms with Crippen LogP contribution in [-0.2, 0) is 25.7 Å². The molecule has 3 rings (SSSR count).